The molecule has 0 unspecified atom stereocenters. The number of sulfonamides is 1. The molecule has 1 aromatic heterocycles. The first kappa shape index (κ1) is 20.8. The van der Waals surface area contributed by atoms with E-state index >= 15 is 0 Å². The lowest BCUT2D eigenvalue weighted by molar-refractivity contribution is 0.102. The number of methoxy groups -OCH3 is 1. The summed E-state index contributed by atoms with van der Waals surface area (Å²) in [6.07, 6.45) is 3.84. The van der Waals surface area contributed by atoms with Crippen molar-refractivity contribution in [2.75, 3.05) is 25.5 Å². The number of amides is 1. The number of aryl methyl sites for hydroxylation is 2. The predicted molar refractivity (Wildman–Crippen MR) is 112 cm³/mol. The molecule has 152 valence electrons. The van der Waals surface area contributed by atoms with Crippen LogP contribution in [0.1, 0.15) is 45.8 Å². The van der Waals surface area contributed by atoms with Crippen molar-refractivity contribution in [1.29, 1.82) is 0 Å². The molecular formula is C20H26N2O4S2. The first-order chi connectivity index (χ1) is 13.3. The Morgan fingerprint density at radius 1 is 1.11 bits per heavy atom. The second-order valence-electron chi connectivity index (χ2n) is 6.96. The second kappa shape index (κ2) is 8.63. The number of carbonyl (C=O) groups excluding carboxylic acids is 1. The van der Waals surface area contributed by atoms with Gasteiger partial charge in [-0.25, -0.2) is 8.42 Å². The third-order valence-corrected chi connectivity index (χ3v) is 7.77. The van der Waals surface area contributed by atoms with Crippen LogP contribution in [0, 0.1) is 13.8 Å². The third-order valence-electron chi connectivity index (χ3n) is 4.91. The van der Waals surface area contributed by atoms with Gasteiger partial charge >= 0.3 is 0 Å². The second-order valence-corrected chi connectivity index (χ2v) is 10.4. The number of anilines is 1. The average molecular weight is 423 g/mol. The van der Waals surface area contributed by atoms with Gasteiger partial charge in [0, 0.05) is 22.8 Å². The van der Waals surface area contributed by atoms with Crippen molar-refractivity contribution >= 4 is 33.0 Å². The molecule has 1 fully saturated rings. The van der Waals surface area contributed by atoms with Gasteiger partial charge in [0.1, 0.15) is 5.75 Å². The van der Waals surface area contributed by atoms with Gasteiger partial charge in [-0.1, -0.05) is 12.8 Å². The molecule has 0 atom stereocenters. The summed E-state index contributed by atoms with van der Waals surface area (Å²) in [4.78, 5) is 14.8. The summed E-state index contributed by atoms with van der Waals surface area (Å²) in [6.45, 7) is 4.90. The Morgan fingerprint density at radius 2 is 1.79 bits per heavy atom. The molecule has 1 aliphatic heterocycles. The van der Waals surface area contributed by atoms with E-state index in [9.17, 15) is 13.2 Å². The van der Waals surface area contributed by atoms with Crippen molar-refractivity contribution in [2.24, 2.45) is 0 Å². The van der Waals surface area contributed by atoms with E-state index in [1.807, 2.05) is 19.9 Å². The molecular weight excluding hydrogens is 396 g/mol. The maximum Gasteiger partial charge on any atom is 0.256 e. The molecule has 28 heavy (non-hydrogen) atoms. The number of hydrogen-bond donors (Lipinski definition) is 1. The van der Waals surface area contributed by atoms with Crippen LogP contribution in [-0.2, 0) is 10.0 Å². The minimum Gasteiger partial charge on any atom is -0.495 e. The molecule has 0 bridgehead atoms. The summed E-state index contributed by atoms with van der Waals surface area (Å²) in [5, 5.41) is 2.82. The normalized spacial score (nSPS) is 15.8. The van der Waals surface area contributed by atoms with Gasteiger partial charge in [-0.15, -0.1) is 11.3 Å². The lowest BCUT2D eigenvalue weighted by Crippen LogP contribution is -2.32. The molecule has 3 rings (SSSR count). The molecule has 0 aliphatic carbocycles. The maximum absolute atomic E-state index is 13.1. The standard InChI is InChI=1S/C20H26N2O4S2/c1-14-12-17(15(2)27-14)20(23)21-18-13-16(8-9-19(18)26-3)28(24,25)22-10-6-4-5-7-11-22/h8-9,12-13H,4-7,10-11H2,1-3H3,(H,21,23). The zero-order chi connectivity index (χ0) is 20.3. The predicted octanol–water partition coefficient (Wildman–Crippen LogP) is 4.19. The lowest BCUT2D eigenvalue weighted by Gasteiger charge is -2.21. The summed E-state index contributed by atoms with van der Waals surface area (Å²) in [7, 11) is -2.11. The molecule has 0 spiro atoms. The topological polar surface area (TPSA) is 75.7 Å². The molecule has 2 aromatic rings. The highest BCUT2D eigenvalue weighted by Gasteiger charge is 2.26. The van der Waals surface area contributed by atoms with Gasteiger partial charge in [0.2, 0.25) is 10.0 Å². The molecule has 2 heterocycles. The highest BCUT2D eigenvalue weighted by molar-refractivity contribution is 7.89. The van der Waals surface area contributed by atoms with E-state index in [0.717, 1.165) is 35.4 Å². The zero-order valence-electron chi connectivity index (χ0n) is 16.4. The molecule has 1 amide bonds. The van der Waals surface area contributed by atoms with Crippen LogP contribution in [0.25, 0.3) is 0 Å². The SMILES string of the molecule is COc1ccc(S(=O)(=O)N2CCCCCC2)cc1NC(=O)c1cc(C)sc1C. The van der Waals surface area contributed by atoms with Crippen molar-refractivity contribution in [3.63, 3.8) is 0 Å². The quantitative estimate of drug-likeness (QED) is 0.784. The van der Waals surface area contributed by atoms with E-state index in [1.54, 1.807) is 21.7 Å². The Kier molecular flexibility index (Phi) is 6.42. The van der Waals surface area contributed by atoms with Gasteiger partial charge in [0.25, 0.3) is 5.91 Å². The highest BCUT2D eigenvalue weighted by Crippen LogP contribution is 2.31. The molecule has 1 N–H and O–H groups in total. The Morgan fingerprint density at radius 3 is 2.36 bits per heavy atom. The van der Waals surface area contributed by atoms with Crippen molar-refractivity contribution in [3.8, 4) is 5.75 Å². The van der Waals surface area contributed by atoms with E-state index < -0.39 is 10.0 Å². The smallest absolute Gasteiger partial charge is 0.256 e. The molecule has 8 heteroatoms. The van der Waals surface area contributed by atoms with Crippen LogP contribution >= 0.6 is 11.3 Å². The summed E-state index contributed by atoms with van der Waals surface area (Å²) >= 11 is 1.55. The summed E-state index contributed by atoms with van der Waals surface area (Å²) < 4.78 is 33.0. The third kappa shape index (κ3) is 4.39. The van der Waals surface area contributed by atoms with E-state index in [4.69, 9.17) is 4.74 Å². The highest BCUT2D eigenvalue weighted by atomic mass is 32.2. The molecule has 0 radical (unpaired) electrons. The number of hydrogen-bond acceptors (Lipinski definition) is 5. The van der Waals surface area contributed by atoms with Gasteiger partial charge in [0.05, 0.1) is 23.3 Å². The van der Waals surface area contributed by atoms with Gasteiger partial charge in [-0.05, 0) is 51.0 Å². The molecule has 1 saturated heterocycles. The van der Waals surface area contributed by atoms with Gasteiger partial charge in [-0.3, -0.25) is 4.79 Å². The van der Waals surface area contributed by atoms with E-state index in [-0.39, 0.29) is 10.8 Å². The number of nitrogens with zero attached hydrogens (tertiary/aromatic N) is 1. The van der Waals surface area contributed by atoms with E-state index in [0.29, 0.717) is 30.1 Å². The molecule has 1 aliphatic rings. The fraction of sp³-hybridized carbons (Fsp3) is 0.450. The maximum atomic E-state index is 13.1. The lowest BCUT2D eigenvalue weighted by atomic mass is 10.2. The Hall–Kier alpha value is -1.90. The van der Waals surface area contributed by atoms with E-state index in [1.165, 1.54) is 19.2 Å². The molecule has 1 aromatic carbocycles. The summed E-state index contributed by atoms with van der Waals surface area (Å²) in [5.41, 5.74) is 0.942. The van der Waals surface area contributed by atoms with Crippen LogP contribution in [0.5, 0.6) is 5.75 Å². The minimum absolute atomic E-state index is 0.170. The number of thiophene rings is 1. The van der Waals surface area contributed by atoms with Crippen LogP contribution in [0.3, 0.4) is 0 Å². The van der Waals surface area contributed by atoms with Crippen LogP contribution in [0.15, 0.2) is 29.2 Å². The summed E-state index contributed by atoms with van der Waals surface area (Å²) in [5.74, 6) is 0.150. The summed E-state index contributed by atoms with van der Waals surface area (Å²) in [6, 6.07) is 6.45. The Bertz CT molecular complexity index is 959. The number of carbonyl (C=O) groups is 1. The number of benzene rings is 1. The first-order valence-corrected chi connectivity index (χ1v) is 11.6. The molecule has 0 saturated carbocycles. The van der Waals surface area contributed by atoms with Gasteiger partial charge < -0.3 is 10.1 Å². The Labute approximate surface area is 170 Å². The van der Waals surface area contributed by atoms with Crippen molar-refractivity contribution in [3.05, 3.63) is 39.6 Å². The number of rotatable bonds is 5. The van der Waals surface area contributed by atoms with E-state index in [2.05, 4.69) is 5.32 Å². The first-order valence-electron chi connectivity index (χ1n) is 9.39. The minimum atomic E-state index is -3.61. The fourth-order valence-corrected chi connectivity index (χ4v) is 5.89. The molecule has 6 nitrogen and oxygen atoms in total. The number of ether oxygens (including phenoxy) is 1. The van der Waals surface area contributed by atoms with Crippen molar-refractivity contribution in [2.45, 2.75) is 44.4 Å². The Balaban J connectivity index is 1.91. The fourth-order valence-electron chi connectivity index (χ4n) is 3.42. The van der Waals surface area contributed by atoms with Gasteiger partial charge in [0.15, 0.2) is 0 Å². The van der Waals surface area contributed by atoms with Crippen LogP contribution in [-0.4, -0.2) is 38.8 Å². The average Bonchev–Trinajstić information content (AvgIpc) is 2.86. The van der Waals surface area contributed by atoms with Crippen molar-refractivity contribution in [1.82, 2.24) is 4.31 Å². The van der Waals surface area contributed by atoms with Crippen LogP contribution in [0.2, 0.25) is 0 Å². The number of nitrogens with one attached hydrogen (secondary N) is 1. The van der Waals surface area contributed by atoms with Crippen molar-refractivity contribution < 1.29 is 17.9 Å². The zero-order valence-corrected chi connectivity index (χ0v) is 18.1. The largest absolute Gasteiger partial charge is 0.495 e. The van der Waals surface area contributed by atoms with Crippen LogP contribution < -0.4 is 10.1 Å². The van der Waals surface area contributed by atoms with Crippen LogP contribution in [0.4, 0.5) is 5.69 Å². The van der Waals surface area contributed by atoms with Gasteiger partial charge in [-0.2, -0.15) is 4.31 Å². The monoisotopic (exact) mass is 422 g/mol.